The quantitative estimate of drug-likeness (QED) is 0.614. The van der Waals surface area contributed by atoms with Crippen LogP contribution >= 0.6 is 0 Å². The standard InChI is InChI=1S/C22H30N8/c1-5-18(9-15(2)23-3)27-21-10-20(16-7-6-8-24-11-16)28-22-19(13-26-30(21)22)17-12-25-29(4)14-17/h9-10,12-14,16,23-24H,5-8,11H2,1-4H3. The van der Waals surface area contributed by atoms with Crippen LogP contribution in [-0.2, 0) is 7.05 Å². The van der Waals surface area contributed by atoms with Crippen LogP contribution in [0.25, 0.3) is 16.8 Å². The summed E-state index contributed by atoms with van der Waals surface area (Å²) in [5.74, 6) is 1.20. The summed E-state index contributed by atoms with van der Waals surface area (Å²) < 4.78 is 3.65. The van der Waals surface area contributed by atoms with Crippen molar-refractivity contribution in [2.24, 2.45) is 12.0 Å². The summed E-state index contributed by atoms with van der Waals surface area (Å²) in [5.41, 5.74) is 5.97. The van der Waals surface area contributed by atoms with Crippen molar-refractivity contribution < 1.29 is 0 Å². The number of hydrogen-bond acceptors (Lipinski definition) is 6. The fourth-order valence-electron chi connectivity index (χ4n) is 3.80. The molecule has 1 fully saturated rings. The van der Waals surface area contributed by atoms with Crippen LogP contribution < -0.4 is 10.6 Å². The molecule has 0 spiro atoms. The zero-order chi connectivity index (χ0) is 21.1. The molecule has 2 N–H and O–H groups in total. The van der Waals surface area contributed by atoms with Gasteiger partial charge in [-0.15, -0.1) is 0 Å². The highest BCUT2D eigenvalue weighted by Gasteiger charge is 2.21. The maximum atomic E-state index is 5.04. The van der Waals surface area contributed by atoms with Gasteiger partial charge in [0.25, 0.3) is 0 Å². The Morgan fingerprint density at radius 3 is 2.90 bits per heavy atom. The van der Waals surface area contributed by atoms with Gasteiger partial charge in [0.05, 0.1) is 18.1 Å². The molecule has 3 aromatic heterocycles. The largest absolute Gasteiger partial charge is 0.392 e. The first-order valence-electron chi connectivity index (χ1n) is 10.6. The van der Waals surface area contributed by atoms with Crippen LogP contribution in [-0.4, -0.2) is 50.2 Å². The van der Waals surface area contributed by atoms with Crippen LogP contribution in [0.3, 0.4) is 0 Å². The molecule has 30 heavy (non-hydrogen) atoms. The molecule has 0 saturated carbocycles. The van der Waals surface area contributed by atoms with Crippen LogP contribution in [0.5, 0.6) is 0 Å². The van der Waals surface area contributed by atoms with E-state index >= 15 is 0 Å². The number of rotatable bonds is 6. The molecule has 3 aromatic rings. The van der Waals surface area contributed by atoms with E-state index in [1.54, 1.807) is 4.68 Å². The lowest BCUT2D eigenvalue weighted by atomic mass is 9.96. The second kappa shape index (κ2) is 8.79. The zero-order valence-electron chi connectivity index (χ0n) is 18.2. The number of allylic oxidation sites excluding steroid dienone is 2. The molecule has 0 bridgehead atoms. The molecule has 1 unspecified atom stereocenters. The van der Waals surface area contributed by atoms with Gasteiger partial charge in [0, 0.05) is 61.4 Å². The summed E-state index contributed by atoms with van der Waals surface area (Å²) in [6.07, 6.45) is 10.9. The second-order valence-corrected chi connectivity index (χ2v) is 7.81. The van der Waals surface area contributed by atoms with E-state index in [2.05, 4.69) is 39.9 Å². The monoisotopic (exact) mass is 406 g/mol. The molecule has 8 nitrogen and oxygen atoms in total. The molecule has 0 aromatic carbocycles. The highest BCUT2D eigenvalue weighted by molar-refractivity contribution is 5.96. The van der Waals surface area contributed by atoms with E-state index in [0.717, 1.165) is 72.0 Å². The van der Waals surface area contributed by atoms with E-state index < -0.39 is 0 Å². The smallest absolute Gasteiger partial charge is 0.165 e. The van der Waals surface area contributed by atoms with E-state index in [1.165, 1.54) is 0 Å². The summed E-state index contributed by atoms with van der Waals surface area (Å²) >= 11 is 0. The van der Waals surface area contributed by atoms with Crippen LogP contribution in [0.1, 0.15) is 44.7 Å². The van der Waals surface area contributed by atoms with Crippen molar-refractivity contribution in [3.05, 3.63) is 42.1 Å². The maximum Gasteiger partial charge on any atom is 0.165 e. The van der Waals surface area contributed by atoms with Gasteiger partial charge in [-0.2, -0.15) is 14.7 Å². The number of aryl methyl sites for hydroxylation is 1. The van der Waals surface area contributed by atoms with Crippen molar-refractivity contribution in [1.29, 1.82) is 0 Å². The Bertz CT molecular complexity index is 1080. The number of nitrogens with one attached hydrogen (secondary N) is 2. The Labute approximate surface area is 177 Å². The van der Waals surface area contributed by atoms with Crippen molar-refractivity contribution >= 4 is 17.2 Å². The van der Waals surface area contributed by atoms with E-state index in [0.29, 0.717) is 5.92 Å². The molecule has 0 amide bonds. The van der Waals surface area contributed by atoms with E-state index in [1.807, 2.05) is 44.1 Å². The summed E-state index contributed by atoms with van der Waals surface area (Å²) in [6.45, 7) is 6.18. The predicted octanol–water partition coefficient (Wildman–Crippen LogP) is 3.20. The molecule has 1 saturated heterocycles. The first kappa shape index (κ1) is 20.3. The topological polar surface area (TPSA) is 84.4 Å². The number of nitrogens with zero attached hydrogens (tertiary/aromatic N) is 6. The van der Waals surface area contributed by atoms with Gasteiger partial charge >= 0.3 is 0 Å². The first-order chi connectivity index (χ1) is 14.6. The molecule has 8 heteroatoms. The van der Waals surface area contributed by atoms with E-state index in [4.69, 9.17) is 9.98 Å². The minimum absolute atomic E-state index is 0.383. The van der Waals surface area contributed by atoms with Crippen molar-refractivity contribution in [2.45, 2.75) is 39.0 Å². The van der Waals surface area contributed by atoms with E-state index in [9.17, 15) is 0 Å². The minimum Gasteiger partial charge on any atom is -0.392 e. The summed E-state index contributed by atoms with van der Waals surface area (Å²) in [5, 5.41) is 15.6. The predicted molar refractivity (Wildman–Crippen MR) is 120 cm³/mol. The summed E-state index contributed by atoms with van der Waals surface area (Å²) in [4.78, 5) is 10.0. The van der Waals surface area contributed by atoms with Crippen LogP contribution in [0.2, 0.25) is 0 Å². The molecule has 4 heterocycles. The second-order valence-electron chi connectivity index (χ2n) is 7.81. The Balaban J connectivity index is 1.88. The van der Waals surface area contributed by atoms with Gasteiger partial charge < -0.3 is 10.6 Å². The molecule has 4 rings (SSSR count). The number of fused-ring (bicyclic) bond motifs is 1. The van der Waals surface area contributed by atoms with Crippen molar-refractivity contribution in [1.82, 2.24) is 35.0 Å². The Morgan fingerprint density at radius 2 is 2.23 bits per heavy atom. The lowest BCUT2D eigenvalue weighted by molar-refractivity contribution is 0.455. The molecule has 1 aliphatic rings. The SMILES string of the molecule is CCC(C=C(C)NC)=Nc1cc(C2CCCNC2)nc2c(-c3cnn(C)c3)cnn12. The average molecular weight is 407 g/mol. The molecule has 1 aliphatic heterocycles. The van der Waals surface area contributed by atoms with Crippen molar-refractivity contribution in [3.63, 3.8) is 0 Å². The minimum atomic E-state index is 0.383. The average Bonchev–Trinajstić information content (AvgIpc) is 3.39. The third kappa shape index (κ3) is 4.14. The van der Waals surface area contributed by atoms with Gasteiger partial charge in [0.1, 0.15) is 0 Å². The lowest BCUT2D eigenvalue weighted by Crippen LogP contribution is -2.29. The molecular weight excluding hydrogens is 376 g/mol. The summed E-state index contributed by atoms with van der Waals surface area (Å²) in [6, 6.07) is 2.10. The Hall–Kier alpha value is -3.00. The molecule has 0 aliphatic carbocycles. The number of hydrogen-bond donors (Lipinski definition) is 2. The highest BCUT2D eigenvalue weighted by atomic mass is 15.3. The molecule has 158 valence electrons. The number of aliphatic imine (C=N–C) groups is 1. The Kier molecular flexibility index (Phi) is 5.94. The third-order valence-electron chi connectivity index (χ3n) is 5.60. The van der Waals surface area contributed by atoms with Crippen LogP contribution in [0.15, 0.2) is 41.4 Å². The third-order valence-corrected chi connectivity index (χ3v) is 5.60. The summed E-state index contributed by atoms with van der Waals surface area (Å²) in [7, 11) is 3.84. The van der Waals surface area contributed by atoms with Gasteiger partial charge in [-0.05, 0) is 38.8 Å². The van der Waals surface area contributed by atoms with Crippen molar-refractivity contribution in [3.8, 4) is 11.1 Å². The fourth-order valence-corrected chi connectivity index (χ4v) is 3.80. The molecule has 0 radical (unpaired) electrons. The normalized spacial score (nSPS) is 18.2. The van der Waals surface area contributed by atoms with E-state index in [-0.39, 0.29) is 0 Å². The molecule has 1 atom stereocenters. The van der Waals surface area contributed by atoms with Crippen LogP contribution in [0, 0.1) is 0 Å². The highest BCUT2D eigenvalue weighted by Crippen LogP contribution is 2.30. The van der Waals surface area contributed by atoms with Gasteiger partial charge in [-0.25, -0.2) is 9.98 Å². The van der Waals surface area contributed by atoms with Crippen LogP contribution in [0.4, 0.5) is 5.82 Å². The fraction of sp³-hybridized carbons (Fsp3) is 0.455. The Morgan fingerprint density at radius 1 is 1.37 bits per heavy atom. The first-order valence-corrected chi connectivity index (χ1v) is 10.6. The van der Waals surface area contributed by atoms with Gasteiger partial charge in [0.15, 0.2) is 11.5 Å². The lowest BCUT2D eigenvalue weighted by Gasteiger charge is -2.22. The van der Waals surface area contributed by atoms with Gasteiger partial charge in [0.2, 0.25) is 0 Å². The van der Waals surface area contributed by atoms with Crippen molar-refractivity contribution in [2.75, 3.05) is 20.1 Å². The maximum absolute atomic E-state index is 5.04. The number of piperidine rings is 1. The zero-order valence-corrected chi connectivity index (χ0v) is 18.2. The number of aromatic nitrogens is 5. The van der Waals surface area contributed by atoms with Gasteiger partial charge in [-0.3, -0.25) is 4.68 Å². The molecular formula is C22H30N8. The van der Waals surface area contributed by atoms with Gasteiger partial charge in [-0.1, -0.05) is 6.92 Å².